The van der Waals surface area contributed by atoms with Crippen molar-refractivity contribution in [3.8, 4) is 0 Å². The largest absolute Gasteiger partial charge is 0.396 e. The number of hydrogen-bond donors (Lipinski definition) is 1. The van der Waals surface area contributed by atoms with Crippen LogP contribution in [0, 0.1) is 11.8 Å². The Kier molecular flexibility index (Phi) is 7.17. The lowest BCUT2D eigenvalue weighted by molar-refractivity contribution is 0.215. The zero-order valence-electron chi connectivity index (χ0n) is 8.42. The van der Waals surface area contributed by atoms with Crippen molar-refractivity contribution in [3.63, 3.8) is 0 Å². The van der Waals surface area contributed by atoms with Crippen molar-refractivity contribution in [1.82, 2.24) is 0 Å². The van der Waals surface area contributed by atoms with E-state index >= 15 is 0 Å². The van der Waals surface area contributed by atoms with Crippen LogP contribution in [-0.2, 0) is 0 Å². The normalized spacial score (nSPS) is 13.3. The predicted molar refractivity (Wildman–Crippen MR) is 54.1 cm³/mol. The molecule has 0 aliphatic carbocycles. The van der Waals surface area contributed by atoms with Gasteiger partial charge in [-0.3, -0.25) is 0 Å². The van der Waals surface area contributed by atoms with E-state index in [0.29, 0.717) is 12.5 Å². The minimum Gasteiger partial charge on any atom is -0.396 e. The number of hydrogen-bond acceptors (Lipinski definition) is 1. The van der Waals surface area contributed by atoms with Crippen LogP contribution in [0.5, 0.6) is 0 Å². The molecule has 0 fully saturated rings. The van der Waals surface area contributed by atoms with Crippen LogP contribution in [-0.4, -0.2) is 11.7 Å². The summed E-state index contributed by atoms with van der Waals surface area (Å²) < 4.78 is 0. The maximum Gasteiger partial charge on any atom is 0.0462 e. The lowest BCUT2D eigenvalue weighted by atomic mass is 9.96. The summed E-state index contributed by atoms with van der Waals surface area (Å²) in [5, 5.41) is 8.97. The van der Waals surface area contributed by atoms with Crippen molar-refractivity contribution in [1.29, 1.82) is 0 Å². The number of aliphatic hydroxyl groups excluding tert-OH is 1. The Morgan fingerprint density at radius 3 is 2.42 bits per heavy atom. The van der Waals surface area contributed by atoms with Gasteiger partial charge in [0.25, 0.3) is 0 Å². The first-order valence-corrected chi connectivity index (χ1v) is 4.92. The molecule has 12 heavy (non-hydrogen) atoms. The Morgan fingerprint density at radius 2 is 2.00 bits per heavy atom. The van der Waals surface area contributed by atoms with Gasteiger partial charge in [-0.2, -0.15) is 0 Å². The molecule has 0 aliphatic heterocycles. The van der Waals surface area contributed by atoms with Crippen LogP contribution in [0.2, 0.25) is 0 Å². The lowest BCUT2D eigenvalue weighted by Gasteiger charge is -2.11. The highest BCUT2D eigenvalue weighted by atomic mass is 16.3. The molecule has 1 nitrogen and oxygen atoms in total. The molecule has 0 aromatic rings. The Balaban J connectivity index is 3.37. The fourth-order valence-electron chi connectivity index (χ4n) is 1.33. The molecular weight excluding hydrogens is 148 g/mol. The highest BCUT2D eigenvalue weighted by Gasteiger charge is 2.04. The molecule has 1 heteroatoms. The smallest absolute Gasteiger partial charge is 0.0462 e. The molecule has 0 saturated heterocycles. The molecule has 1 N–H and O–H groups in total. The molecule has 0 unspecified atom stereocenters. The molecule has 0 bridgehead atoms. The molecule has 0 aromatic heterocycles. The van der Waals surface area contributed by atoms with Crippen molar-refractivity contribution in [2.75, 3.05) is 6.61 Å². The van der Waals surface area contributed by atoms with E-state index in [-0.39, 0.29) is 0 Å². The van der Waals surface area contributed by atoms with Crippen molar-refractivity contribution in [3.05, 3.63) is 12.7 Å². The second kappa shape index (κ2) is 7.35. The van der Waals surface area contributed by atoms with Gasteiger partial charge < -0.3 is 5.11 Å². The van der Waals surface area contributed by atoms with Gasteiger partial charge >= 0.3 is 0 Å². The van der Waals surface area contributed by atoms with Gasteiger partial charge in [-0.1, -0.05) is 32.8 Å². The molecule has 0 spiro atoms. The van der Waals surface area contributed by atoms with Gasteiger partial charge in [-0.15, -0.1) is 6.58 Å². The molecule has 1 atom stereocenters. The molecule has 0 radical (unpaired) electrons. The number of rotatable bonds is 7. The third-order valence-electron chi connectivity index (χ3n) is 2.15. The van der Waals surface area contributed by atoms with Gasteiger partial charge in [0.2, 0.25) is 0 Å². The lowest BCUT2D eigenvalue weighted by Crippen LogP contribution is -2.05. The predicted octanol–water partition coefficient (Wildman–Crippen LogP) is 3.00. The SMILES string of the molecule is C=CC[C@@H](CO)CCCC(C)C. The first-order chi connectivity index (χ1) is 5.70. The summed E-state index contributed by atoms with van der Waals surface area (Å²) >= 11 is 0. The first kappa shape index (κ1) is 11.7. The minimum atomic E-state index is 0.310. The maximum absolute atomic E-state index is 8.97. The van der Waals surface area contributed by atoms with Crippen LogP contribution in [0.25, 0.3) is 0 Å². The van der Waals surface area contributed by atoms with E-state index < -0.39 is 0 Å². The molecule has 0 amide bonds. The molecule has 0 saturated carbocycles. The quantitative estimate of drug-likeness (QED) is 0.582. The second-order valence-electron chi connectivity index (χ2n) is 3.90. The topological polar surface area (TPSA) is 20.2 Å². The second-order valence-corrected chi connectivity index (χ2v) is 3.90. The van der Waals surface area contributed by atoms with Gasteiger partial charge in [0.15, 0.2) is 0 Å². The monoisotopic (exact) mass is 170 g/mol. The fraction of sp³-hybridized carbons (Fsp3) is 0.818. The average molecular weight is 170 g/mol. The zero-order chi connectivity index (χ0) is 9.40. The summed E-state index contributed by atoms with van der Waals surface area (Å²) in [6.07, 6.45) is 6.50. The number of allylic oxidation sites excluding steroid dienone is 1. The van der Waals surface area contributed by atoms with Crippen molar-refractivity contribution < 1.29 is 5.11 Å². The van der Waals surface area contributed by atoms with Crippen LogP contribution in [0.15, 0.2) is 12.7 Å². The van der Waals surface area contributed by atoms with Crippen molar-refractivity contribution in [2.45, 2.75) is 39.5 Å². The van der Waals surface area contributed by atoms with Gasteiger partial charge in [0.05, 0.1) is 0 Å². The van der Waals surface area contributed by atoms with Crippen LogP contribution < -0.4 is 0 Å². The molecule has 72 valence electrons. The van der Waals surface area contributed by atoms with Gasteiger partial charge in [0, 0.05) is 6.61 Å². The van der Waals surface area contributed by atoms with Crippen LogP contribution in [0.1, 0.15) is 39.5 Å². The summed E-state index contributed by atoms with van der Waals surface area (Å²) in [6, 6.07) is 0. The van der Waals surface area contributed by atoms with E-state index in [2.05, 4.69) is 20.4 Å². The molecule has 0 aliphatic rings. The highest BCUT2D eigenvalue weighted by Crippen LogP contribution is 2.15. The highest BCUT2D eigenvalue weighted by molar-refractivity contribution is 4.72. The Hall–Kier alpha value is -0.300. The van der Waals surface area contributed by atoms with Crippen molar-refractivity contribution in [2.24, 2.45) is 11.8 Å². The third kappa shape index (κ3) is 6.41. The van der Waals surface area contributed by atoms with Crippen LogP contribution in [0.3, 0.4) is 0 Å². The Bertz CT molecular complexity index is 108. The first-order valence-electron chi connectivity index (χ1n) is 4.92. The summed E-state index contributed by atoms with van der Waals surface area (Å²) in [4.78, 5) is 0. The minimum absolute atomic E-state index is 0.310. The van der Waals surface area contributed by atoms with E-state index in [1.807, 2.05) is 6.08 Å². The molecule has 0 rings (SSSR count). The summed E-state index contributed by atoms with van der Waals surface area (Å²) in [5.41, 5.74) is 0. The average Bonchev–Trinajstić information content (AvgIpc) is 2.02. The molecular formula is C11H22O. The molecule has 0 heterocycles. The summed E-state index contributed by atoms with van der Waals surface area (Å²) in [7, 11) is 0. The van der Waals surface area contributed by atoms with Gasteiger partial charge in [0.1, 0.15) is 0 Å². The number of aliphatic hydroxyl groups is 1. The van der Waals surface area contributed by atoms with E-state index in [1.165, 1.54) is 12.8 Å². The van der Waals surface area contributed by atoms with E-state index in [9.17, 15) is 0 Å². The summed E-state index contributed by atoms with van der Waals surface area (Å²) in [5.74, 6) is 1.23. The van der Waals surface area contributed by atoms with Gasteiger partial charge in [-0.05, 0) is 24.7 Å². The van der Waals surface area contributed by atoms with Crippen molar-refractivity contribution >= 4 is 0 Å². The summed E-state index contributed by atoms with van der Waals surface area (Å²) in [6.45, 7) is 8.47. The Morgan fingerprint density at radius 1 is 1.33 bits per heavy atom. The van der Waals surface area contributed by atoms with E-state index in [0.717, 1.165) is 18.8 Å². The molecule has 0 aromatic carbocycles. The fourth-order valence-corrected chi connectivity index (χ4v) is 1.33. The standard InChI is InChI=1S/C11H22O/c1-4-6-11(9-12)8-5-7-10(2)3/h4,10-12H,1,5-9H2,2-3H3/t11-/m1/s1. The Labute approximate surface area is 76.5 Å². The van der Waals surface area contributed by atoms with E-state index in [1.54, 1.807) is 0 Å². The maximum atomic E-state index is 8.97. The third-order valence-corrected chi connectivity index (χ3v) is 2.15. The van der Waals surface area contributed by atoms with Crippen LogP contribution in [0.4, 0.5) is 0 Å². The zero-order valence-corrected chi connectivity index (χ0v) is 8.42. The van der Waals surface area contributed by atoms with Crippen LogP contribution >= 0.6 is 0 Å². The van der Waals surface area contributed by atoms with Gasteiger partial charge in [-0.25, -0.2) is 0 Å². The van der Waals surface area contributed by atoms with E-state index in [4.69, 9.17) is 5.11 Å².